The molecule has 3 aromatic heterocycles. The Morgan fingerprint density at radius 3 is 1.92 bits per heavy atom. The lowest BCUT2D eigenvalue weighted by Crippen LogP contribution is -1.97. The number of fused-ring (bicyclic) bond motifs is 11. The van der Waals surface area contributed by atoms with Crippen molar-refractivity contribution in [3.63, 3.8) is 0 Å². The summed E-state index contributed by atoms with van der Waals surface area (Å²) in [4.78, 5) is 10.3. The first-order chi connectivity index (χ1) is 25.8. The lowest BCUT2D eigenvalue weighted by molar-refractivity contribution is 1.18. The summed E-state index contributed by atoms with van der Waals surface area (Å²) in [6.07, 6.45) is 0. The Bertz CT molecular complexity index is 3170. The topological polar surface area (TPSA) is 30.7 Å². The fourth-order valence-corrected chi connectivity index (χ4v) is 9.29. The molecule has 0 aliphatic heterocycles. The van der Waals surface area contributed by atoms with Crippen LogP contribution in [0.2, 0.25) is 0 Å². The van der Waals surface area contributed by atoms with Gasteiger partial charge in [0.2, 0.25) is 0 Å². The summed E-state index contributed by atoms with van der Waals surface area (Å²) in [6, 6.07) is 62.8. The van der Waals surface area contributed by atoms with Crippen molar-refractivity contribution in [2.45, 2.75) is 0 Å². The van der Waals surface area contributed by atoms with E-state index in [1.165, 1.54) is 58.3 Å². The largest absolute Gasteiger partial charge is 0.309 e. The molecule has 4 heteroatoms. The Hall–Kier alpha value is -6.62. The normalized spacial score (nSPS) is 11.8. The second-order valence-corrected chi connectivity index (χ2v) is 14.4. The third-order valence-electron chi connectivity index (χ3n) is 10.4. The molecule has 11 rings (SSSR count). The van der Waals surface area contributed by atoms with Crippen LogP contribution >= 0.6 is 11.3 Å². The first-order valence-corrected chi connectivity index (χ1v) is 18.4. The summed E-state index contributed by atoms with van der Waals surface area (Å²) < 4.78 is 5.10. The molecule has 0 saturated carbocycles. The monoisotopic (exact) mass is 679 g/mol. The molecule has 0 bridgehead atoms. The molecule has 3 nitrogen and oxygen atoms in total. The summed E-state index contributed by atoms with van der Waals surface area (Å²) in [5, 5.41) is 8.81. The highest BCUT2D eigenvalue weighted by Crippen LogP contribution is 2.47. The average Bonchev–Trinajstić information content (AvgIpc) is 3.78. The van der Waals surface area contributed by atoms with Crippen LogP contribution in [-0.2, 0) is 0 Å². The van der Waals surface area contributed by atoms with Gasteiger partial charge >= 0.3 is 0 Å². The number of thiophene rings is 1. The Balaban J connectivity index is 1.12. The van der Waals surface area contributed by atoms with Gasteiger partial charge in [0, 0.05) is 58.5 Å². The molecule has 0 aliphatic rings. The summed E-state index contributed by atoms with van der Waals surface area (Å²) in [6.45, 7) is 0. The van der Waals surface area contributed by atoms with Gasteiger partial charge in [-0.15, -0.1) is 11.3 Å². The number of para-hydroxylation sites is 2. The SMILES string of the molecule is c1ccc(-c2cccc(-c3nc(-c4ccc(-n5c6ccccc6c6c7ccccc7c7sc8ccccc8c7c65)cc4)nc4ccccc34)c2)cc1. The van der Waals surface area contributed by atoms with Crippen LogP contribution in [0.1, 0.15) is 0 Å². The van der Waals surface area contributed by atoms with Gasteiger partial charge in [-0.05, 0) is 65.0 Å². The summed E-state index contributed by atoms with van der Waals surface area (Å²) >= 11 is 1.89. The zero-order valence-electron chi connectivity index (χ0n) is 28.0. The van der Waals surface area contributed by atoms with Gasteiger partial charge < -0.3 is 4.57 Å². The number of nitrogens with zero attached hydrogens (tertiary/aromatic N) is 3. The number of hydrogen-bond acceptors (Lipinski definition) is 3. The maximum atomic E-state index is 5.25. The molecule has 0 radical (unpaired) electrons. The van der Waals surface area contributed by atoms with Gasteiger partial charge in [-0.3, -0.25) is 0 Å². The number of rotatable bonds is 4. The van der Waals surface area contributed by atoms with Crippen LogP contribution in [0.5, 0.6) is 0 Å². The van der Waals surface area contributed by atoms with E-state index in [1.807, 2.05) is 17.4 Å². The fourth-order valence-electron chi connectivity index (χ4n) is 8.05. The summed E-state index contributed by atoms with van der Waals surface area (Å²) in [5.74, 6) is 0.713. The first-order valence-electron chi connectivity index (χ1n) is 17.6. The van der Waals surface area contributed by atoms with Crippen molar-refractivity contribution in [2.75, 3.05) is 0 Å². The molecule has 0 saturated heterocycles. The van der Waals surface area contributed by atoms with Crippen molar-refractivity contribution in [3.05, 3.63) is 176 Å². The van der Waals surface area contributed by atoms with Gasteiger partial charge in [0.1, 0.15) is 0 Å². The highest BCUT2D eigenvalue weighted by atomic mass is 32.1. The van der Waals surface area contributed by atoms with Crippen molar-refractivity contribution in [2.24, 2.45) is 0 Å². The third kappa shape index (κ3) is 4.38. The smallest absolute Gasteiger partial charge is 0.160 e. The molecular formula is C48H29N3S. The van der Waals surface area contributed by atoms with Crippen molar-refractivity contribution in [1.29, 1.82) is 0 Å². The van der Waals surface area contributed by atoms with E-state index >= 15 is 0 Å². The molecule has 52 heavy (non-hydrogen) atoms. The van der Waals surface area contributed by atoms with Crippen LogP contribution < -0.4 is 0 Å². The van der Waals surface area contributed by atoms with Gasteiger partial charge in [-0.1, -0.05) is 127 Å². The molecule has 0 aliphatic carbocycles. The van der Waals surface area contributed by atoms with Crippen LogP contribution in [0.3, 0.4) is 0 Å². The minimum Gasteiger partial charge on any atom is -0.309 e. The van der Waals surface area contributed by atoms with E-state index in [0.717, 1.165) is 39.0 Å². The van der Waals surface area contributed by atoms with Gasteiger partial charge in [0.25, 0.3) is 0 Å². The quantitative estimate of drug-likeness (QED) is 0.185. The molecule has 8 aromatic carbocycles. The maximum Gasteiger partial charge on any atom is 0.160 e. The van der Waals surface area contributed by atoms with E-state index in [2.05, 4.69) is 174 Å². The standard InChI is InChI=1S/C48H29N3S/c1-2-13-30(14-3-1)32-15-12-16-33(29-32)45-37-19-6-9-22-40(37)49-48(50-45)31-25-27-34(28-26-31)51-41-23-10-7-20-38(41)43-35-17-4-5-18-36(35)47-44(46(43)51)39-21-8-11-24-42(39)52-47/h1-29H. The molecule has 0 amide bonds. The van der Waals surface area contributed by atoms with Gasteiger partial charge in [0.15, 0.2) is 5.82 Å². The molecule has 0 atom stereocenters. The van der Waals surface area contributed by atoms with Crippen molar-refractivity contribution in [1.82, 2.24) is 14.5 Å². The molecule has 0 spiro atoms. The van der Waals surface area contributed by atoms with Crippen LogP contribution in [0.4, 0.5) is 0 Å². The van der Waals surface area contributed by atoms with Gasteiger partial charge in [-0.2, -0.15) is 0 Å². The van der Waals surface area contributed by atoms with E-state index < -0.39 is 0 Å². The maximum absolute atomic E-state index is 5.25. The average molecular weight is 680 g/mol. The third-order valence-corrected chi connectivity index (χ3v) is 11.6. The van der Waals surface area contributed by atoms with Crippen LogP contribution in [0, 0.1) is 0 Å². The van der Waals surface area contributed by atoms with E-state index in [-0.39, 0.29) is 0 Å². The van der Waals surface area contributed by atoms with Crippen molar-refractivity contribution < 1.29 is 0 Å². The molecule has 11 aromatic rings. The van der Waals surface area contributed by atoms with E-state index in [4.69, 9.17) is 9.97 Å². The van der Waals surface area contributed by atoms with Crippen molar-refractivity contribution >= 4 is 75.0 Å². The highest BCUT2D eigenvalue weighted by Gasteiger charge is 2.22. The molecule has 242 valence electrons. The Kier molecular flexibility index (Phi) is 6.42. The lowest BCUT2D eigenvalue weighted by atomic mass is 9.99. The van der Waals surface area contributed by atoms with Gasteiger partial charge in [-0.25, -0.2) is 9.97 Å². The Labute approximate surface area is 303 Å². The highest BCUT2D eigenvalue weighted by molar-refractivity contribution is 7.27. The molecule has 0 fully saturated rings. The number of benzene rings is 8. The lowest BCUT2D eigenvalue weighted by Gasteiger charge is -2.13. The summed E-state index contributed by atoms with van der Waals surface area (Å²) in [7, 11) is 0. The van der Waals surface area contributed by atoms with E-state index in [0.29, 0.717) is 5.82 Å². The summed E-state index contributed by atoms with van der Waals surface area (Å²) in [5.41, 5.74) is 9.82. The molecule has 3 heterocycles. The predicted molar refractivity (Wildman–Crippen MR) is 221 cm³/mol. The minimum absolute atomic E-state index is 0.713. The number of aromatic nitrogens is 3. The van der Waals surface area contributed by atoms with E-state index in [1.54, 1.807) is 0 Å². The Morgan fingerprint density at radius 2 is 1.08 bits per heavy atom. The van der Waals surface area contributed by atoms with E-state index in [9.17, 15) is 0 Å². The number of hydrogen-bond donors (Lipinski definition) is 0. The first kappa shape index (κ1) is 29.1. The predicted octanol–water partition coefficient (Wildman–Crippen LogP) is 13.2. The molecular weight excluding hydrogens is 651 g/mol. The van der Waals surface area contributed by atoms with Gasteiger partial charge in [0.05, 0.1) is 22.2 Å². The van der Waals surface area contributed by atoms with Crippen molar-refractivity contribution in [3.8, 4) is 39.5 Å². The zero-order valence-corrected chi connectivity index (χ0v) is 28.8. The second-order valence-electron chi connectivity index (χ2n) is 13.3. The molecule has 0 unspecified atom stereocenters. The zero-order chi connectivity index (χ0) is 34.2. The molecule has 0 N–H and O–H groups in total. The fraction of sp³-hybridized carbons (Fsp3) is 0. The van der Waals surface area contributed by atoms with Crippen LogP contribution in [0.25, 0.3) is 103 Å². The minimum atomic E-state index is 0.713. The Morgan fingerprint density at radius 1 is 0.423 bits per heavy atom. The second kappa shape index (κ2) is 11.5. The van der Waals surface area contributed by atoms with Crippen LogP contribution in [-0.4, -0.2) is 14.5 Å². The van der Waals surface area contributed by atoms with Crippen LogP contribution in [0.15, 0.2) is 176 Å².